The van der Waals surface area contributed by atoms with Gasteiger partial charge in [0.15, 0.2) is 16.8 Å². The highest BCUT2D eigenvalue weighted by Gasteiger charge is 2.17. The third kappa shape index (κ3) is 5.15. The lowest BCUT2D eigenvalue weighted by molar-refractivity contribution is 0.925. The van der Waals surface area contributed by atoms with Crippen LogP contribution in [0.15, 0.2) is 154 Å². The molecule has 0 saturated carbocycles. The minimum Gasteiger partial charge on any atom is -0.228 e. The molecule has 5 aromatic carbocycles. The third-order valence-corrected chi connectivity index (χ3v) is 9.01. The summed E-state index contributed by atoms with van der Waals surface area (Å²) in [5.74, 6) is 1.35. The molecule has 0 aliphatic carbocycles. The van der Waals surface area contributed by atoms with Gasteiger partial charge in [-0.25, -0.2) is 29.9 Å². The fourth-order valence-electron chi connectivity index (χ4n) is 5.01. The van der Waals surface area contributed by atoms with E-state index in [4.69, 9.17) is 29.9 Å². The number of rotatable bonds is 6. The summed E-state index contributed by atoms with van der Waals surface area (Å²) in [4.78, 5) is 29.8. The molecule has 0 amide bonds. The minimum atomic E-state index is 0.607. The van der Waals surface area contributed by atoms with Gasteiger partial charge >= 0.3 is 0 Å². The van der Waals surface area contributed by atoms with Gasteiger partial charge < -0.3 is 0 Å². The summed E-state index contributed by atoms with van der Waals surface area (Å²) >= 11 is 2.99. The highest BCUT2D eigenvalue weighted by atomic mass is 32.2. The predicted octanol–water partition coefficient (Wildman–Crippen LogP) is 9.15. The molecule has 0 bridgehead atoms. The maximum atomic E-state index is 5.10. The first-order valence-electron chi connectivity index (χ1n) is 14.1. The topological polar surface area (TPSA) is 77.3 Å². The summed E-state index contributed by atoms with van der Waals surface area (Å²) in [6.07, 6.45) is 0. The summed E-state index contributed by atoms with van der Waals surface area (Å²) < 4.78 is 0. The van der Waals surface area contributed by atoms with Crippen LogP contribution in [0.5, 0.6) is 0 Å². The normalized spacial score (nSPS) is 11.4. The lowest BCUT2D eigenvalue weighted by Crippen LogP contribution is -1.97. The maximum Gasteiger partial charge on any atom is 0.195 e. The molecule has 8 aromatic rings. The van der Waals surface area contributed by atoms with E-state index in [-0.39, 0.29) is 0 Å². The Labute approximate surface area is 261 Å². The van der Waals surface area contributed by atoms with Gasteiger partial charge in [-0.05, 0) is 41.7 Å². The lowest BCUT2D eigenvalue weighted by atomic mass is 10.2. The molecule has 0 unspecified atom stereocenters. The van der Waals surface area contributed by atoms with E-state index in [2.05, 4.69) is 12.1 Å². The molecule has 44 heavy (non-hydrogen) atoms. The molecule has 0 atom stereocenters. The van der Waals surface area contributed by atoms with Crippen LogP contribution in [0.25, 0.3) is 55.5 Å². The molecule has 0 radical (unpaired) electrons. The van der Waals surface area contributed by atoms with Crippen LogP contribution in [0.1, 0.15) is 0 Å². The number of aromatic nitrogens is 6. The number of nitrogens with zero attached hydrogens (tertiary/aromatic N) is 6. The average Bonchev–Trinajstić information content (AvgIpc) is 3.09. The molecule has 8 heteroatoms. The van der Waals surface area contributed by atoms with Crippen LogP contribution in [0, 0.1) is 0 Å². The van der Waals surface area contributed by atoms with Gasteiger partial charge in [-0.2, -0.15) is 0 Å². The molecule has 3 heterocycles. The Morgan fingerprint density at radius 2 is 0.705 bits per heavy atom. The molecule has 6 nitrogen and oxygen atoms in total. The number of benzene rings is 5. The van der Waals surface area contributed by atoms with E-state index in [0.29, 0.717) is 16.8 Å². The quantitative estimate of drug-likeness (QED) is 0.138. The van der Waals surface area contributed by atoms with Gasteiger partial charge in [0.05, 0.1) is 16.6 Å². The van der Waals surface area contributed by atoms with Gasteiger partial charge in [-0.15, -0.1) is 0 Å². The van der Waals surface area contributed by atoms with E-state index < -0.39 is 0 Å². The van der Waals surface area contributed by atoms with Crippen molar-refractivity contribution in [3.05, 3.63) is 133 Å². The number of fused-ring (bicyclic) bond motifs is 3. The zero-order chi connectivity index (χ0) is 29.3. The summed E-state index contributed by atoms with van der Waals surface area (Å²) in [5, 5.41) is 5.97. The number of hydrogen-bond acceptors (Lipinski definition) is 8. The van der Waals surface area contributed by atoms with Crippen LogP contribution in [-0.2, 0) is 0 Å². The SMILES string of the molecule is c1ccc(-c2nc(Sc3nc(Sc4nc(-c5ccccc5)nc5ccccc45)c4ccccc4n3)c3ccccc3n2)cc1. The van der Waals surface area contributed by atoms with Crippen molar-refractivity contribution >= 4 is 56.2 Å². The second-order valence-electron chi connectivity index (χ2n) is 10.0. The van der Waals surface area contributed by atoms with Crippen molar-refractivity contribution < 1.29 is 0 Å². The van der Waals surface area contributed by atoms with Crippen molar-refractivity contribution in [1.82, 2.24) is 29.9 Å². The number of para-hydroxylation sites is 3. The molecule has 0 saturated heterocycles. The zero-order valence-electron chi connectivity index (χ0n) is 23.2. The van der Waals surface area contributed by atoms with Crippen molar-refractivity contribution in [2.45, 2.75) is 20.2 Å². The highest BCUT2D eigenvalue weighted by molar-refractivity contribution is 8.00. The molecule has 0 aliphatic rings. The molecular formula is C36H22N6S2. The van der Waals surface area contributed by atoms with Gasteiger partial charge in [-0.3, -0.25) is 0 Å². The average molecular weight is 603 g/mol. The first-order valence-corrected chi connectivity index (χ1v) is 15.7. The van der Waals surface area contributed by atoms with Gasteiger partial charge in [0.25, 0.3) is 0 Å². The Hall–Kier alpha value is -5.18. The Bertz CT molecular complexity index is 2300. The first kappa shape index (κ1) is 26.4. The fraction of sp³-hybridized carbons (Fsp3) is 0. The van der Waals surface area contributed by atoms with Gasteiger partial charge in [0.1, 0.15) is 15.1 Å². The first-order chi connectivity index (χ1) is 21.8. The van der Waals surface area contributed by atoms with Crippen LogP contribution in [0.2, 0.25) is 0 Å². The van der Waals surface area contributed by atoms with E-state index in [0.717, 1.165) is 58.9 Å². The van der Waals surface area contributed by atoms with Crippen LogP contribution in [0.4, 0.5) is 0 Å². The lowest BCUT2D eigenvalue weighted by Gasteiger charge is -2.12. The van der Waals surface area contributed by atoms with E-state index in [9.17, 15) is 0 Å². The van der Waals surface area contributed by atoms with E-state index in [1.165, 1.54) is 23.5 Å². The molecule has 0 N–H and O–H groups in total. The molecule has 0 spiro atoms. The van der Waals surface area contributed by atoms with Crippen molar-refractivity contribution in [3.8, 4) is 22.8 Å². The van der Waals surface area contributed by atoms with Crippen LogP contribution < -0.4 is 0 Å². The summed E-state index contributed by atoms with van der Waals surface area (Å²) in [6, 6.07) is 44.3. The predicted molar refractivity (Wildman–Crippen MR) is 178 cm³/mol. The van der Waals surface area contributed by atoms with Crippen molar-refractivity contribution in [3.63, 3.8) is 0 Å². The smallest absolute Gasteiger partial charge is 0.195 e. The van der Waals surface area contributed by atoms with Gasteiger partial charge in [-0.1, -0.05) is 115 Å². The molecule has 8 rings (SSSR count). The Balaban J connectivity index is 1.26. The summed E-state index contributed by atoms with van der Waals surface area (Å²) in [6.45, 7) is 0. The molecule has 0 fully saturated rings. The van der Waals surface area contributed by atoms with Crippen molar-refractivity contribution in [1.29, 1.82) is 0 Å². The third-order valence-electron chi connectivity index (χ3n) is 7.13. The molecule has 3 aromatic heterocycles. The Kier molecular flexibility index (Phi) is 6.90. The second-order valence-corrected chi connectivity index (χ2v) is 11.9. The maximum absolute atomic E-state index is 5.10. The van der Waals surface area contributed by atoms with Crippen molar-refractivity contribution in [2.75, 3.05) is 0 Å². The van der Waals surface area contributed by atoms with Crippen LogP contribution in [-0.4, -0.2) is 29.9 Å². The van der Waals surface area contributed by atoms with E-state index >= 15 is 0 Å². The van der Waals surface area contributed by atoms with E-state index in [1.807, 2.05) is 121 Å². The monoisotopic (exact) mass is 602 g/mol. The largest absolute Gasteiger partial charge is 0.228 e. The fourth-order valence-corrected chi connectivity index (χ4v) is 6.95. The molecular weight excluding hydrogens is 581 g/mol. The molecule has 0 aliphatic heterocycles. The Morgan fingerprint density at radius 1 is 0.318 bits per heavy atom. The summed E-state index contributed by atoms with van der Waals surface area (Å²) in [5.41, 5.74) is 4.54. The van der Waals surface area contributed by atoms with Gasteiger partial charge in [0, 0.05) is 27.3 Å². The van der Waals surface area contributed by atoms with Crippen molar-refractivity contribution in [2.24, 2.45) is 0 Å². The second kappa shape index (κ2) is 11.5. The molecule has 208 valence electrons. The Morgan fingerprint density at radius 3 is 1.20 bits per heavy atom. The minimum absolute atomic E-state index is 0.607. The zero-order valence-corrected chi connectivity index (χ0v) is 24.8. The standard InChI is InChI=1S/C36H22N6S2/c1-3-13-23(14-4-1)31-37-28-20-10-7-17-25(28)33(40-31)43-35-27-19-9-12-22-30(27)39-36(42-35)44-34-26-18-8-11-21-29(26)38-32(41-34)24-15-5-2-6-16-24/h1-22H. The van der Waals surface area contributed by atoms with Gasteiger partial charge in [0.2, 0.25) is 0 Å². The van der Waals surface area contributed by atoms with E-state index in [1.54, 1.807) is 0 Å². The summed E-state index contributed by atoms with van der Waals surface area (Å²) in [7, 11) is 0. The number of hydrogen-bond donors (Lipinski definition) is 0. The highest BCUT2D eigenvalue weighted by Crippen LogP contribution is 2.38. The van der Waals surface area contributed by atoms with Crippen LogP contribution in [0.3, 0.4) is 0 Å². The van der Waals surface area contributed by atoms with Crippen LogP contribution >= 0.6 is 23.5 Å².